The van der Waals surface area contributed by atoms with Gasteiger partial charge in [-0.25, -0.2) is 0 Å². The second kappa shape index (κ2) is 2.69. The smallest absolute Gasteiger partial charge is 0.423 e. The van der Waals surface area contributed by atoms with E-state index >= 15 is 0 Å². The Bertz CT molecular complexity index is 317. The third-order valence-corrected chi connectivity index (χ3v) is 1.85. The molecule has 0 fully saturated rings. The highest BCUT2D eigenvalue weighted by molar-refractivity contribution is 6.53. The molecule has 2 aliphatic rings. The third-order valence-electron chi connectivity index (χ3n) is 1.85. The maximum absolute atomic E-state index is 8.84. The molecule has 2 N–H and O–H groups in total. The van der Waals surface area contributed by atoms with Gasteiger partial charge in [0, 0.05) is 6.21 Å². The number of rotatable bonds is 1. The number of hydrogen-bond acceptors (Lipinski definition) is 4. The summed E-state index contributed by atoms with van der Waals surface area (Å²) in [6, 6.07) is 0. The number of allylic oxidation sites excluding steroid dienone is 4. The monoisotopic (exact) mass is 162 g/mol. The summed E-state index contributed by atoms with van der Waals surface area (Å²) >= 11 is 0. The molecule has 1 heterocycles. The summed E-state index contributed by atoms with van der Waals surface area (Å²) in [7, 11) is -1.43. The first-order chi connectivity index (χ1) is 5.77. The van der Waals surface area contributed by atoms with Gasteiger partial charge in [-0.15, -0.1) is 0 Å². The minimum Gasteiger partial charge on any atom is -0.423 e. The summed E-state index contributed by atoms with van der Waals surface area (Å²) in [5, 5.41) is 25.2. The van der Waals surface area contributed by atoms with E-state index in [0.717, 1.165) is 5.71 Å². The summed E-state index contributed by atoms with van der Waals surface area (Å²) in [5.74, 6) is 0.118. The van der Waals surface area contributed by atoms with E-state index in [4.69, 9.17) is 10.0 Å². The minimum atomic E-state index is -1.43. The van der Waals surface area contributed by atoms with E-state index in [1.807, 2.05) is 6.08 Å². The van der Waals surface area contributed by atoms with Crippen molar-refractivity contribution in [3.8, 4) is 0 Å². The lowest BCUT2D eigenvalue weighted by atomic mass is 9.75. The van der Waals surface area contributed by atoms with Gasteiger partial charge in [-0.05, 0) is 11.5 Å². The van der Waals surface area contributed by atoms with E-state index in [1.54, 1.807) is 18.4 Å². The standard InChI is InChI=1S/C7H7BN2O2/c11-8(12)6-2-1-5-4-9-10-7(5)3-6/h1-5,11-12H/t5-/m0/s1. The molecule has 5 heteroatoms. The van der Waals surface area contributed by atoms with Gasteiger partial charge in [0.1, 0.15) is 0 Å². The molecule has 12 heavy (non-hydrogen) atoms. The van der Waals surface area contributed by atoms with Gasteiger partial charge < -0.3 is 10.0 Å². The largest absolute Gasteiger partial charge is 0.488 e. The molecule has 0 radical (unpaired) electrons. The Morgan fingerprint density at radius 1 is 1.42 bits per heavy atom. The highest BCUT2D eigenvalue weighted by atomic mass is 16.4. The number of fused-ring (bicyclic) bond motifs is 1. The Hall–Kier alpha value is -1.20. The van der Waals surface area contributed by atoms with Gasteiger partial charge >= 0.3 is 7.12 Å². The van der Waals surface area contributed by atoms with Crippen molar-refractivity contribution in [3.63, 3.8) is 0 Å². The normalized spacial score (nSPS) is 25.0. The molecule has 0 aromatic rings. The van der Waals surface area contributed by atoms with E-state index in [-0.39, 0.29) is 5.92 Å². The molecule has 0 aromatic heterocycles. The minimum absolute atomic E-state index is 0.118. The second-order valence-electron chi connectivity index (χ2n) is 2.69. The number of nitrogens with zero attached hydrogens (tertiary/aromatic N) is 2. The van der Waals surface area contributed by atoms with Crippen LogP contribution in [0, 0.1) is 5.92 Å². The first-order valence-electron chi connectivity index (χ1n) is 3.64. The van der Waals surface area contributed by atoms with Crippen molar-refractivity contribution in [2.24, 2.45) is 16.1 Å². The lowest BCUT2D eigenvalue weighted by Gasteiger charge is -2.09. The molecule has 0 bridgehead atoms. The fourth-order valence-corrected chi connectivity index (χ4v) is 1.18. The van der Waals surface area contributed by atoms with Crippen LogP contribution in [0.1, 0.15) is 0 Å². The Morgan fingerprint density at radius 3 is 3.00 bits per heavy atom. The Kier molecular flexibility index (Phi) is 1.67. The zero-order valence-electron chi connectivity index (χ0n) is 6.25. The highest BCUT2D eigenvalue weighted by Gasteiger charge is 2.22. The van der Waals surface area contributed by atoms with Crippen LogP contribution in [0.3, 0.4) is 0 Å². The maximum Gasteiger partial charge on any atom is 0.488 e. The molecule has 0 saturated carbocycles. The SMILES string of the molecule is OB(O)C1=CC2=NN=C[C@@H]2C=C1. The molecule has 0 amide bonds. The zero-order valence-corrected chi connectivity index (χ0v) is 6.25. The lowest BCUT2D eigenvalue weighted by molar-refractivity contribution is 0.420. The summed E-state index contributed by atoms with van der Waals surface area (Å²) in [5.41, 5.74) is 1.22. The highest BCUT2D eigenvalue weighted by Crippen LogP contribution is 2.17. The van der Waals surface area contributed by atoms with Crippen molar-refractivity contribution in [3.05, 3.63) is 23.7 Å². The summed E-state index contributed by atoms with van der Waals surface area (Å²) in [6.07, 6.45) is 6.86. The molecule has 0 saturated heterocycles. The molecule has 0 spiro atoms. The van der Waals surface area contributed by atoms with Crippen molar-refractivity contribution < 1.29 is 10.0 Å². The summed E-state index contributed by atoms with van der Waals surface area (Å²) in [6.45, 7) is 0. The molecular formula is C7H7BN2O2. The van der Waals surface area contributed by atoms with E-state index in [9.17, 15) is 0 Å². The van der Waals surface area contributed by atoms with Crippen molar-refractivity contribution >= 4 is 19.0 Å². The first-order valence-corrected chi connectivity index (χ1v) is 3.64. The van der Waals surface area contributed by atoms with Gasteiger partial charge in [0.25, 0.3) is 0 Å². The summed E-state index contributed by atoms with van der Waals surface area (Å²) in [4.78, 5) is 0. The van der Waals surface area contributed by atoms with Crippen LogP contribution in [-0.4, -0.2) is 29.1 Å². The fourth-order valence-electron chi connectivity index (χ4n) is 1.18. The van der Waals surface area contributed by atoms with Gasteiger partial charge in [-0.1, -0.05) is 12.2 Å². The Labute approximate surface area is 69.8 Å². The van der Waals surface area contributed by atoms with Crippen molar-refractivity contribution in [2.75, 3.05) is 0 Å². The fraction of sp³-hybridized carbons (Fsp3) is 0.143. The van der Waals surface area contributed by atoms with Gasteiger partial charge in [0.05, 0.1) is 11.6 Å². The van der Waals surface area contributed by atoms with Gasteiger partial charge in [-0.2, -0.15) is 10.2 Å². The van der Waals surface area contributed by atoms with E-state index in [2.05, 4.69) is 10.2 Å². The van der Waals surface area contributed by atoms with Crippen LogP contribution >= 0.6 is 0 Å². The Balaban J connectivity index is 2.28. The first kappa shape index (κ1) is 7.45. The predicted octanol–water partition coefficient (Wildman–Crippen LogP) is -0.449. The molecule has 0 unspecified atom stereocenters. The molecule has 4 nitrogen and oxygen atoms in total. The molecule has 1 aliphatic heterocycles. The average Bonchev–Trinajstić information content (AvgIpc) is 2.49. The van der Waals surface area contributed by atoms with Crippen molar-refractivity contribution in [1.29, 1.82) is 0 Å². The molecule has 2 rings (SSSR count). The van der Waals surface area contributed by atoms with E-state index in [0.29, 0.717) is 5.47 Å². The van der Waals surface area contributed by atoms with Crippen LogP contribution in [0.2, 0.25) is 0 Å². The van der Waals surface area contributed by atoms with Crippen LogP contribution in [0.5, 0.6) is 0 Å². The molecule has 0 aromatic carbocycles. The molecular weight excluding hydrogens is 155 g/mol. The second-order valence-corrected chi connectivity index (χ2v) is 2.69. The number of hydrogen-bond donors (Lipinski definition) is 2. The van der Waals surface area contributed by atoms with Crippen LogP contribution in [-0.2, 0) is 0 Å². The predicted molar refractivity (Wildman–Crippen MR) is 46.8 cm³/mol. The van der Waals surface area contributed by atoms with Crippen LogP contribution in [0.15, 0.2) is 33.9 Å². The van der Waals surface area contributed by atoms with Crippen LogP contribution in [0.4, 0.5) is 0 Å². The summed E-state index contributed by atoms with van der Waals surface area (Å²) < 4.78 is 0. The maximum atomic E-state index is 8.84. The Morgan fingerprint density at radius 2 is 2.25 bits per heavy atom. The molecule has 1 atom stereocenters. The van der Waals surface area contributed by atoms with E-state index < -0.39 is 7.12 Å². The van der Waals surface area contributed by atoms with Crippen molar-refractivity contribution in [2.45, 2.75) is 0 Å². The lowest BCUT2D eigenvalue weighted by Crippen LogP contribution is -2.20. The van der Waals surface area contributed by atoms with Gasteiger partial charge in [0.15, 0.2) is 0 Å². The third kappa shape index (κ3) is 1.13. The van der Waals surface area contributed by atoms with E-state index in [1.165, 1.54) is 0 Å². The zero-order chi connectivity index (χ0) is 8.55. The topological polar surface area (TPSA) is 65.2 Å². The average molecular weight is 162 g/mol. The van der Waals surface area contributed by atoms with Crippen molar-refractivity contribution in [1.82, 2.24) is 0 Å². The van der Waals surface area contributed by atoms with Gasteiger partial charge in [0.2, 0.25) is 0 Å². The molecule has 60 valence electrons. The van der Waals surface area contributed by atoms with Crippen LogP contribution < -0.4 is 0 Å². The quantitative estimate of drug-likeness (QED) is 0.513. The molecule has 1 aliphatic carbocycles. The van der Waals surface area contributed by atoms with Crippen LogP contribution in [0.25, 0.3) is 0 Å². The van der Waals surface area contributed by atoms with Gasteiger partial charge in [-0.3, -0.25) is 0 Å².